The Morgan fingerprint density at radius 1 is 0.971 bits per heavy atom. The van der Waals surface area contributed by atoms with Gasteiger partial charge in [-0.05, 0) is 39.2 Å². The van der Waals surface area contributed by atoms with Crippen LogP contribution in [0.1, 0.15) is 26.3 Å². The van der Waals surface area contributed by atoms with Crippen molar-refractivity contribution < 1.29 is 29.3 Å². The number of carbonyl (C=O) groups excluding carboxylic acids is 2. The summed E-state index contributed by atoms with van der Waals surface area (Å²) in [4.78, 5) is 42.5. The average molecular weight is 571 g/mol. The molecule has 2 aromatic heterocycles. The van der Waals surface area contributed by atoms with Crippen molar-refractivity contribution >= 4 is 60.4 Å². The largest absolute Gasteiger partial charge is 0.380 e. The van der Waals surface area contributed by atoms with Crippen LogP contribution in [-0.4, -0.2) is 40.0 Å². The summed E-state index contributed by atoms with van der Waals surface area (Å²) in [7, 11) is 0. The molecular formula is C19H15BrN4O8S2. The molecule has 0 spiro atoms. The minimum absolute atomic E-state index is 0.0584. The summed E-state index contributed by atoms with van der Waals surface area (Å²) in [6.07, 6.45) is 0. The monoisotopic (exact) mass is 570 g/mol. The zero-order valence-electron chi connectivity index (χ0n) is 16.9. The Kier molecular flexibility index (Phi) is 7.42. The fourth-order valence-corrected chi connectivity index (χ4v) is 5.28. The maximum absolute atomic E-state index is 11.3. The Hall–Kier alpha value is -3.24. The fourth-order valence-electron chi connectivity index (χ4n) is 2.91. The van der Waals surface area contributed by atoms with Crippen LogP contribution in [0.3, 0.4) is 0 Å². The van der Waals surface area contributed by atoms with Gasteiger partial charge in [-0.25, -0.2) is 0 Å². The second-order valence-corrected chi connectivity index (χ2v) is 10.4. The van der Waals surface area contributed by atoms with Crippen LogP contribution in [0, 0.1) is 20.2 Å². The van der Waals surface area contributed by atoms with Crippen LogP contribution in [0.15, 0.2) is 40.2 Å². The van der Waals surface area contributed by atoms with Gasteiger partial charge in [0, 0.05) is 4.88 Å². The third-order valence-electron chi connectivity index (χ3n) is 4.65. The zero-order chi connectivity index (χ0) is 25.2. The molecule has 1 aliphatic heterocycles. The minimum atomic E-state index is -0.960. The molecule has 34 heavy (non-hydrogen) atoms. The summed E-state index contributed by atoms with van der Waals surface area (Å²) in [5.74, 6) is -1.62. The van der Waals surface area contributed by atoms with Gasteiger partial charge in [0.1, 0.15) is 16.7 Å². The maximum atomic E-state index is 11.3. The highest BCUT2D eigenvalue weighted by molar-refractivity contribution is 9.11. The Bertz CT molecular complexity index is 1220. The topological polar surface area (TPSA) is 202 Å². The van der Waals surface area contributed by atoms with Gasteiger partial charge in [0.05, 0.1) is 26.8 Å². The van der Waals surface area contributed by atoms with Crippen LogP contribution < -0.4 is 11.5 Å². The molecule has 4 rings (SSSR count). The highest BCUT2D eigenvalue weighted by atomic mass is 79.9. The van der Waals surface area contributed by atoms with Crippen molar-refractivity contribution in [1.82, 2.24) is 0 Å². The molecule has 0 unspecified atom stereocenters. The predicted octanol–water partition coefficient (Wildman–Crippen LogP) is 3.16. The normalized spacial score (nSPS) is 13.8. The van der Waals surface area contributed by atoms with Gasteiger partial charge >= 0.3 is 10.0 Å². The molecule has 0 atom stereocenters. The van der Waals surface area contributed by atoms with Crippen LogP contribution in [0.5, 0.6) is 0 Å². The third-order valence-corrected chi connectivity index (χ3v) is 7.37. The number of ether oxygens (including phenoxy) is 1. The van der Waals surface area contributed by atoms with Crippen LogP contribution in [0.25, 0.3) is 10.4 Å². The fraction of sp³-hybridized carbons (Fsp3) is 0.158. The number of rotatable bonds is 6. The van der Waals surface area contributed by atoms with Gasteiger partial charge < -0.3 is 21.3 Å². The Balaban J connectivity index is 0.000000229. The summed E-state index contributed by atoms with van der Waals surface area (Å²) in [6.45, 7) is 0.505. The van der Waals surface area contributed by atoms with Gasteiger partial charge in [0.25, 0.3) is 11.8 Å². The van der Waals surface area contributed by atoms with Crippen molar-refractivity contribution in [3.05, 3.63) is 77.1 Å². The zero-order valence-corrected chi connectivity index (χ0v) is 20.1. The van der Waals surface area contributed by atoms with Crippen LogP contribution in [-0.2, 0) is 10.3 Å². The number of aliphatic hydroxyl groups is 1. The van der Waals surface area contributed by atoms with Crippen molar-refractivity contribution in [2.24, 2.45) is 11.5 Å². The molecule has 1 aliphatic rings. The van der Waals surface area contributed by atoms with Crippen LogP contribution in [0.4, 0.5) is 10.0 Å². The maximum Gasteiger partial charge on any atom is 0.337 e. The van der Waals surface area contributed by atoms with E-state index >= 15 is 0 Å². The van der Waals surface area contributed by atoms with Gasteiger partial charge in [0.2, 0.25) is 0 Å². The SMILES string of the molecule is NC(=O)c1cc(-c2ccc(C3(O)COC3)cc2)sc1[N+](=O)[O-].NC(=O)c1cc(Br)sc1[N+](=O)[O-]. The number of nitrogens with two attached hydrogens (primary N) is 2. The lowest BCUT2D eigenvalue weighted by Crippen LogP contribution is -2.46. The van der Waals surface area contributed by atoms with Gasteiger partial charge in [-0.2, -0.15) is 0 Å². The number of amides is 2. The Morgan fingerprint density at radius 3 is 1.85 bits per heavy atom. The summed E-state index contributed by atoms with van der Waals surface area (Å²) < 4.78 is 5.52. The van der Waals surface area contributed by atoms with Crippen molar-refractivity contribution in [2.75, 3.05) is 13.2 Å². The van der Waals surface area contributed by atoms with E-state index in [0.29, 0.717) is 14.2 Å². The lowest BCUT2D eigenvalue weighted by atomic mass is 9.91. The van der Waals surface area contributed by atoms with E-state index in [1.54, 1.807) is 24.3 Å². The number of carbonyl (C=O) groups is 2. The number of thiophene rings is 2. The molecule has 178 valence electrons. The first-order chi connectivity index (χ1) is 15.9. The number of benzene rings is 1. The van der Waals surface area contributed by atoms with Crippen molar-refractivity contribution in [2.45, 2.75) is 5.60 Å². The van der Waals surface area contributed by atoms with Gasteiger partial charge in [-0.3, -0.25) is 29.8 Å². The van der Waals surface area contributed by atoms with E-state index < -0.39 is 27.3 Å². The number of hydrogen-bond acceptors (Lipinski definition) is 10. The highest BCUT2D eigenvalue weighted by Crippen LogP contribution is 2.38. The molecule has 0 saturated carbocycles. The van der Waals surface area contributed by atoms with Crippen molar-refractivity contribution in [3.8, 4) is 10.4 Å². The number of nitro groups is 2. The molecule has 0 aliphatic carbocycles. The second kappa shape index (κ2) is 9.94. The molecule has 5 N–H and O–H groups in total. The van der Waals surface area contributed by atoms with E-state index in [-0.39, 0.29) is 34.3 Å². The molecule has 3 aromatic rings. The summed E-state index contributed by atoms with van der Waals surface area (Å²) in [5.41, 5.74) is 10.4. The Labute approximate surface area is 207 Å². The van der Waals surface area contributed by atoms with E-state index in [2.05, 4.69) is 15.9 Å². The first-order valence-electron chi connectivity index (χ1n) is 9.15. The molecule has 1 fully saturated rings. The highest BCUT2D eigenvalue weighted by Gasteiger charge is 2.37. The standard InChI is InChI=1S/C14H12N2O5S.C5H3BrN2O3S/c15-12(17)10-5-11(22-13(10)16(19)20)8-1-3-9(4-2-8)14(18)6-21-7-14;6-3-1-2(4(7)9)5(12-3)8(10)11/h1-5,18H,6-7H2,(H2,15,17);1H,(H2,7,9). The molecule has 2 amide bonds. The molecule has 15 heteroatoms. The Morgan fingerprint density at radius 2 is 1.47 bits per heavy atom. The van der Waals surface area contributed by atoms with E-state index in [9.17, 15) is 34.9 Å². The van der Waals surface area contributed by atoms with Gasteiger partial charge in [0.15, 0.2) is 0 Å². The molecule has 12 nitrogen and oxygen atoms in total. The number of halogens is 1. The van der Waals surface area contributed by atoms with Gasteiger partial charge in [-0.1, -0.05) is 46.9 Å². The molecule has 1 aromatic carbocycles. The summed E-state index contributed by atoms with van der Waals surface area (Å²) in [5, 5.41) is 31.0. The third kappa shape index (κ3) is 5.28. The smallest absolute Gasteiger partial charge is 0.337 e. The molecule has 1 saturated heterocycles. The molecule has 0 radical (unpaired) electrons. The van der Waals surface area contributed by atoms with E-state index in [0.717, 1.165) is 28.2 Å². The predicted molar refractivity (Wildman–Crippen MR) is 127 cm³/mol. The molecular weight excluding hydrogens is 556 g/mol. The quantitative estimate of drug-likeness (QED) is 0.296. The average Bonchev–Trinajstić information content (AvgIpc) is 3.37. The van der Waals surface area contributed by atoms with Crippen LogP contribution in [0.2, 0.25) is 0 Å². The first kappa shape index (κ1) is 25.4. The second-order valence-electron chi connectivity index (χ2n) is 6.94. The van der Waals surface area contributed by atoms with E-state index in [4.69, 9.17) is 16.2 Å². The number of hydrogen-bond donors (Lipinski definition) is 3. The number of primary amides is 2. The lowest BCUT2D eigenvalue weighted by molar-refractivity contribution is -0.380. The van der Waals surface area contributed by atoms with E-state index in [1.165, 1.54) is 12.1 Å². The minimum Gasteiger partial charge on any atom is -0.380 e. The first-order valence-corrected chi connectivity index (χ1v) is 11.6. The molecule has 0 bridgehead atoms. The molecule has 3 heterocycles. The lowest BCUT2D eigenvalue weighted by Gasteiger charge is -2.36. The van der Waals surface area contributed by atoms with Crippen molar-refractivity contribution in [3.63, 3.8) is 0 Å². The summed E-state index contributed by atoms with van der Waals surface area (Å²) >= 11 is 4.79. The van der Waals surface area contributed by atoms with E-state index in [1.807, 2.05) is 0 Å². The van der Waals surface area contributed by atoms with Gasteiger partial charge in [-0.15, -0.1) is 0 Å². The van der Waals surface area contributed by atoms with Crippen LogP contribution >= 0.6 is 38.6 Å². The number of nitrogens with zero attached hydrogens (tertiary/aromatic N) is 2. The van der Waals surface area contributed by atoms with Crippen molar-refractivity contribution in [1.29, 1.82) is 0 Å². The summed E-state index contributed by atoms with van der Waals surface area (Å²) in [6, 6.07) is 9.73.